The maximum atomic E-state index is 10.6. The van der Waals surface area contributed by atoms with Crippen LogP contribution in [0.4, 0.5) is 0 Å². The van der Waals surface area contributed by atoms with Crippen molar-refractivity contribution in [1.29, 1.82) is 0 Å². The number of hydrogen-bond donors (Lipinski definition) is 1. The van der Waals surface area contributed by atoms with Gasteiger partial charge in [0.05, 0.1) is 17.4 Å². The predicted molar refractivity (Wildman–Crippen MR) is 50.6 cm³/mol. The van der Waals surface area contributed by atoms with Crippen LogP contribution in [0, 0.1) is 0 Å². The van der Waals surface area contributed by atoms with Gasteiger partial charge < -0.3 is 9.78 Å². The molecular formula is C10H10N2O. The van der Waals surface area contributed by atoms with Gasteiger partial charge in [0.15, 0.2) is 0 Å². The maximum absolute atomic E-state index is 10.6. The van der Waals surface area contributed by atoms with Crippen LogP contribution in [0.3, 0.4) is 0 Å². The van der Waals surface area contributed by atoms with E-state index in [9.17, 15) is 4.79 Å². The van der Waals surface area contributed by atoms with Gasteiger partial charge >= 0.3 is 0 Å². The molecule has 0 radical (unpaired) electrons. The first kappa shape index (κ1) is 7.98. The normalized spacial score (nSPS) is 13.0. The molecule has 3 heteroatoms. The summed E-state index contributed by atoms with van der Waals surface area (Å²) >= 11 is 0. The van der Waals surface area contributed by atoms with Gasteiger partial charge in [0.1, 0.15) is 6.29 Å². The van der Waals surface area contributed by atoms with Gasteiger partial charge in [-0.15, -0.1) is 0 Å². The number of carbonyl (C=O) groups is 1. The van der Waals surface area contributed by atoms with Gasteiger partial charge in [-0.05, 0) is 17.7 Å². The first-order chi connectivity index (χ1) is 6.31. The number of nitrogens with zero attached hydrogens (tertiary/aromatic N) is 1. The zero-order valence-corrected chi connectivity index (χ0v) is 7.32. The third kappa shape index (κ3) is 1.33. The Balaban J connectivity index is 2.53. The molecule has 0 aliphatic rings. The highest BCUT2D eigenvalue weighted by molar-refractivity contribution is 5.76. The number of imidazole rings is 1. The summed E-state index contributed by atoms with van der Waals surface area (Å²) in [7, 11) is 0. The van der Waals surface area contributed by atoms with E-state index in [-0.39, 0.29) is 5.92 Å². The molecule has 0 saturated heterocycles. The third-order valence-electron chi connectivity index (χ3n) is 2.17. The molecular weight excluding hydrogens is 164 g/mol. The second-order valence-electron chi connectivity index (χ2n) is 3.10. The van der Waals surface area contributed by atoms with Crippen molar-refractivity contribution in [3.05, 3.63) is 30.1 Å². The summed E-state index contributed by atoms with van der Waals surface area (Å²) in [4.78, 5) is 17.7. The highest BCUT2D eigenvalue weighted by atomic mass is 16.1. The lowest BCUT2D eigenvalue weighted by molar-refractivity contribution is -0.108. The van der Waals surface area contributed by atoms with Crippen LogP contribution in [0.1, 0.15) is 18.4 Å². The Morgan fingerprint density at radius 2 is 2.38 bits per heavy atom. The smallest absolute Gasteiger partial charge is 0.127 e. The summed E-state index contributed by atoms with van der Waals surface area (Å²) in [6, 6.07) is 5.81. The zero-order valence-electron chi connectivity index (χ0n) is 7.32. The number of fused-ring (bicyclic) bond motifs is 1. The minimum atomic E-state index is -0.0484. The fraction of sp³-hybridized carbons (Fsp3) is 0.200. The summed E-state index contributed by atoms with van der Waals surface area (Å²) in [6.45, 7) is 1.88. The van der Waals surface area contributed by atoms with E-state index in [0.29, 0.717) is 0 Å². The van der Waals surface area contributed by atoms with Gasteiger partial charge in [0.2, 0.25) is 0 Å². The number of rotatable bonds is 2. The Bertz CT molecular complexity index is 433. The fourth-order valence-electron chi connectivity index (χ4n) is 1.31. The van der Waals surface area contributed by atoms with Gasteiger partial charge in [0.25, 0.3) is 0 Å². The van der Waals surface area contributed by atoms with Crippen molar-refractivity contribution in [3.63, 3.8) is 0 Å². The van der Waals surface area contributed by atoms with Crippen molar-refractivity contribution in [1.82, 2.24) is 9.97 Å². The number of aromatic nitrogens is 2. The molecule has 1 atom stereocenters. The molecule has 0 saturated carbocycles. The van der Waals surface area contributed by atoms with E-state index in [4.69, 9.17) is 0 Å². The minimum absolute atomic E-state index is 0.0484. The monoisotopic (exact) mass is 174 g/mol. The molecule has 2 aromatic rings. The van der Waals surface area contributed by atoms with Crippen LogP contribution in [0.5, 0.6) is 0 Å². The topological polar surface area (TPSA) is 45.8 Å². The SMILES string of the molecule is CC(C=O)c1ccc2nc[nH]c2c1. The molecule has 1 aromatic carbocycles. The Morgan fingerprint density at radius 3 is 3.15 bits per heavy atom. The van der Waals surface area contributed by atoms with Crippen LogP contribution >= 0.6 is 0 Å². The molecule has 0 bridgehead atoms. The summed E-state index contributed by atoms with van der Waals surface area (Å²) in [5.41, 5.74) is 2.93. The lowest BCUT2D eigenvalue weighted by Crippen LogP contribution is -1.93. The number of hydrogen-bond acceptors (Lipinski definition) is 2. The van der Waals surface area contributed by atoms with Crippen molar-refractivity contribution in [2.45, 2.75) is 12.8 Å². The number of aromatic amines is 1. The van der Waals surface area contributed by atoms with Crippen LogP contribution < -0.4 is 0 Å². The molecule has 1 N–H and O–H groups in total. The third-order valence-corrected chi connectivity index (χ3v) is 2.17. The Kier molecular flexibility index (Phi) is 1.85. The van der Waals surface area contributed by atoms with Crippen molar-refractivity contribution < 1.29 is 4.79 Å². The maximum Gasteiger partial charge on any atom is 0.127 e. The minimum Gasteiger partial charge on any atom is -0.345 e. The van der Waals surface area contributed by atoms with Crippen LogP contribution in [0.2, 0.25) is 0 Å². The van der Waals surface area contributed by atoms with Gasteiger partial charge in [-0.1, -0.05) is 13.0 Å². The number of benzene rings is 1. The highest BCUT2D eigenvalue weighted by Gasteiger charge is 2.04. The molecule has 0 aliphatic carbocycles. The molecule has 1 aromatic heterocycles. The molecule has 0 fully saturated rings. The van der Waals surface area contributed by atoms with E-state index < -0.39 is 0 Å². The summed E-state index contributed by atoms with van der Waals surface area (Å²) in [5.74, 6) is -0.0484. The zero-order chi connectivity index (χ0) is 9.26. The Hall–Kier alpha value is -1.64. The van der Waals surface area contributed by atoms with Crippen molar-refractivity contribution >= 4 is 17.3 Å². The quantitative estimate of drug-likeness (QED) is 0.706. The number of aldehydes is 1. The molecule has 0 amide bonds. The van der Waals surface area contributed by atoms with Crippen LogP contribution in [-0.2, 0) is 4.79 Å². The van der Waals surface area contributed by atoms with E-state index >= 15 is 0 Å². The number of H-pyrrole nitrogens is 1. The fourth-order valence-corrected chi connectivity index (χ4v) is 1.31. The summed E-state index contributed by atoms with van der Waals surface area (Å²) in [6.07, 6.45) is 2.59. The summed E-state index contributed by atoms with van der Waals surface area (Å²) < 4.78 is 0. The second kappa shape index (κ2) is 3.01. The van der Waals surface area contributed by atoms with Crippen molar-refractivity contribution in [2.75, 3.05) is 0 Å². The highest BCUT2D eigenvalue weighted by Crippen LogP contribution is 2.17. The van der Waals surface area contributed by atoms with Crippen LogP contribution in [-0.4, -0.2) is 16.3 Å². The lowest BCUT2D eigenvalue weighted by Gasteiger charge is -2.02. The lowest BCUT2D eigenvalue weighted by atomic mass is 10.0. The van der Waals surface area contributed by atoms with Gasteiger partial charge in [-0.25, -0.2) is 4.98 Å². The Labute approximate surface area is 75.8 Å². The predicted octanol–water partition coefficient (Wildman–Crippen LogP) is 1.87. The van der Waals surface area contributed by atoms with Crippen LogP contribution in [0.15, 0.2) is 24.5 Å². The van der Waals surface area contributed by atoms with E-state index in [1.807, 2.05) is 25.1 Å². The van der Waals surface area contributed by atoms with E-state index in [2.05, 4.69) is 9.97 Å². The molecule has 0 spiro atoms. The molecule has 66 valence electrons. The van der Waals surface area contributed by atoms with E-state index in [1.165, 1.54) is 0 Å². The van der Waals surface area contributed by atoms with E-state index in [0.717, 1.165) is 22.9 Å². The van der Waals surface area contributed by atoms with Crippen LogP contribution in [0.25, 0.3) is 11.0 Å². The molecule has 13 heavy (non-hydrogen) atoms. The molecule has 2 rings (SSSR count). The van der Waals surface area contributed by atoms with E-state index in [1.54, 1.807) is 6.33 Å². The van der Waals surface area contributed by atoms with Crippen molar-refractivity contribution in [2.24, 2.45) is 0 Å². The first-order valence-corrected chi connectivity index (χ1v) is 4.19. The average molecular weight is 174 g/mol. The number of nitrogens with one attached hydrogen (secondary N) is 1. The van der Waals surface area contributed by atoms with Gasteiger partial charge in [-0.3, -0.25) is 0 Å². The van der Waals surface area contributed by atoms with Gasteiger partial charge in [0, 0.05) is 5.92 Å². The molecule has 1 heterocycles. The largest absolute Gasteiger partial charge is 0.345 e. The first-order valence-electron chi connectivity index (χ1n) is 4.19. The van der Waals surface area contributed by atoms with Gasteiger partial charge in [-0.2, -0.15) is 0 Å². The molecule has 1 unspecified atom stereocenters. The average Bonchev–Trinajstić information content (AvgIpc) is 2.63. The standard InChI is InChI=1S/C10H10N2O/c1-7(5-13)8-2-3-9-10(4-8)12-6-11-9/h2-7H,1H3,(H,11,12). The Morgan fingerprint density at radius 1 is 1.54 bits per heavy atom. The number of carbonyl (C=O) groups excluding carboxylic acids is 1. The second-order valence-corrected chi connectivity index (χ2v) is 3.10. The molecule has 3 nitrogen and oxygen atoms in total. The molecule has 0 aliphatic heterocycles. The summed E-state index contributed by atoms with van der Waals surface area (Å²) in [5, 5.41) is 0. The van der Waals surface area contributed by atoms with Crippen molar-refractivity contribution in [3.8, 4) is 0 Å².